The van der Waals surface area contributed by atoms with Gasteiger partial charge in [-0.3, -0.25) is 4.18 Å². The van der Waals surface area contributed by atoms with Crippen LogP contribution in [0.25, 0.3) is 0 Å². The number of aldehydes is 1. The molecule has 0 aromatic heterocycles. The lowest BCUT2D eigenvalue weighted by Crippen LogP contribution is -2.38. The normalized spacial score (nSPS) is 18.0. The number of likely N-dealkylation sites (N-methyl/N-ethyl adjacent to an activating group) is 2. The van der Waals surface area contributed by atoms with Gasteiger partial charge in [-0.15, -0.1) is 0 Å². The summed E-state index contributed by atoms with van der Waals surface area (Å²) in [6.45, 7) is 13.6. The molecule has 0 bridgehead atoms. The molecule has 2 aliphatic rings. The van der Waals surface area contributed by atoms with Crippen LogP contribution in [0.2, 0.25) is 0 Å². The monoisotopic (exact) mass is 1070 g/mol. The zero-order valence-electron chi connectivity index (χ0n) is 46.8. The van der Waals surface area contributed by atoms with Gasteiger partial charge in [-0.05, 0) is 144 Å². The summed E-state index contributed by atoms with van der Waals surface area (Å²) in [5.41, 5.74) is 0. The van der Waals surface area contributed by atoms with Gasteiger partial charge < -0.3 is 87.0 Å². The van der Waals surface area contributed by atoms with Gasteiger partial charge in [0.15, 0.2) is 31.5 Å². The van der Waals surface area contributed by atoms with E-state index in [4.69, 9.17) is 66.1 Å². The fourth-order valence-electron chi connectivity index (χ4n) is 7.25. The summed E-state index contributed by atoms with van der Waals surface area (Å²) in [7, 11) is 12.1. The zero-order chi connectivity index (χ0) is 54.3. The molecule has 0 amide bonds. The van der Waals surface area contributed by atoms with E-state index in [1.807, 2.05) is 14.1 Å². The first-order valence-corrected chi connectivity index (χ1v) is 28.0. The molecule has 2 fully saturated rings. The van der Waals surface area contributed by atoms with E-state index in [0.717, 1.165) is 143 Å². The minimum atomic E-state index is -3.41. The van der Waals surface area contributed by atoms with Gasteiger partial charge >= 0.3 is 0 Å². The van der Waals surface area contributed by atoms with Crippen LogP contribution in [0.3, 0.4) is 0 Å². The summed E-state index contributed by atoms with van der Waals surface area (Å²) < 4.78 is 91.5. The molecule has 3 N–H and O–H groups in total. The van der Waals surface area contributed by atoms with Gasteiger partial charge in [0.1, 0.15) is 30.7 Å². The maximum Gasteiger partial charge on any atom is 0.264 e. The Balaban J connectivity index is 0. The number of aliphatic hydroxyl groups excluding tert-OH is 2. The third-order valence-electron chi connectivity index (χ3n) is 11.3. The number of methoxy groups -OCH3 is 6. The molecule has 21 nitrogen and oxygen atoms in total. The van der Waals surface area contributed by atoms with Crippen LogP contribution in [0.4, 0.5) is 0 Å². The molecule has 434 valence electrons. The van der Waals surface area contributed by atoms with Crippen molar-refractivity contribution in [3.05, 3.63) is 0 Å². The van der Waals surface area contributed by atoms with E-state index in [-0.39, 0.29) is 37.7 Å². The van der Waals surface area contributed by atoms with Gasteiger partial charge in [-0.25, -0.2) is 0 Å². The second-order valence-electron chi connectivity index (χ2n) is 17.8. The molecule has 22 heteroatoms. The van der Waals surface area contributed by atoms with Crippen molar-refractivity contribution in [1.29, 1.82) is 0 Å². The summed E-state index contributed by atoms with van der Waals surface area (Å²) in [6.07, 6.45) is 12.4. The maximum atomic E-state index is 10.9. The topological polar surface area (TPSA) is 230 Å². The molecule has 2 rings (SSSR count). The highest BCUT2D eigenvalue weighted by atomic mass is 32.2. The number of carbonyl (C=O) groups is 1. The van der Waals surface area contributed by atoms with Crippen LogP contribution in [0.5, 0.6) is 0 Å². The molecule has 6 unspecified atom stereocenters. The molecule has 0 aromatic rings. The second-order valence-corrected chi connectivity index (χ2v) is 19.4. The molecule has 0 saturated carbocycles. The third kappa shape index (κ3) is 43.0. The van der Waals surface area contributed by atoms with Crippen molar-refractivity contribution < 1.29 is 84.5 Å². The Hall–Kier alpha value is -1.10. The minimum absolute atomic E-state index is 0.0727. The predicted octanol–water partition coefficient (Wildman–Crippen LogP) is 4.58. The van der Waals surface area contributed by atoms with Crippen LogP contribution in [0.15, 0.2) is 0 Å². The second kappa shape index (κ2) is 50.7. The molecule has 0 aromatic carbocycles. The predicted molar refractivity (Wildman–Crippen MR) is 277 cm³/mol. The summed E-state index contributed by atoms with van der Waals surface area (Å²) in [6, 6.07) is 0. The lowest BCUT2D eigenvalue weighted by molar-refractivity contribution is -0.252. The molecule has 0 spiro atoms. The van der Waals surface area contributed by atoms with E-state index in [1.54, 1.807) is 28.4 Å². The average Bonchev–Trinajstić information content (AvgIpc) is 3.37. The van der Waals surface area contributed by atoms with Crippen molar-refractivity contribution in [1.82, 2.24) is 15.1 Å². The molecule has 2 saturated heterocycles. The zero-order valence-corrected chi connectivity index (χ0v) is 47.6. The molecule has 6 atom stereocenters. The lowest BCUT2D eigenvalue weighted by atomic mass is 10.1. The van der Waals surface area contributed by atoms with Gasteiger partial charge in [-0.1, -0.05) is 13.8 Å². The summed E-state index contributed by atoms with van der Waals surface area (Å²) in [5.74, 6) is 0. The van der Waals surface area contributed by atoms with Gasteiger partial charge in [0, 0.05) is 82.2 Å². The highest BCUT2D eigenvalue weighted by Gasteiger charge is 2.28. The number of aliphatic hydroxyl groups is 2. The molecular weight excluding hydrogens is 963 g/mol. The standard InChI is InChI=1S/C13H27NO4.C13H29NO4.C13H26O7S.C11H23NO3/c1-14-9-6-7-11(13(15-2)16-3)18-12-8-4-5-10-17-12;1-5-10-18-11-9-14(2)8-6-7-12(15)13(16-3)17-4;1-16-13(17-2)11(7-6-10-19-21(3,14)15)20-12-8-4-5-9-18-12;1-3-8-15-9-7-12(2)6-4-5-11(14)10-13/h11-14H,4-10H2,1-3H3;12-13,15H,5-11H2,1-4H3;11-13H,4-10H2,1-3H3;10-11,14H,3-9H2,1-2H3. The Labute approximate surface area is 436 Å². The van der Waals surface area contributed by atoms with Crippen LogP contribution >= 0.6 is 0 Å². The van der Waals surface area contributed by atoms with Gasteiger partial charge in [0.05, 0.1) is 26.1 Å². The van der Waals surface area contributed by atoms with Crippen LogP contribution in [0, 0.1) is 0 Å². The van der Waals surface area contributed by atoms with Gasteiger partial charge in [0.2, 0.25) is 0 Å². The summed E-state index contributed by atoms with van der Waals surface area (Å²) >= 11 is 0. The van der Waals surface area contributed by atoms with E-state index in [0.29, 0.717) is 38.6 Å². The number of hydrogen-bond acceptors (Lipinski definition) is 21. The Kier molecular flexibility index (Phi) is 51.4. The fourth-order valence-corrected chi connectivity index (χ4v) is 7.67. The Morgan fingerprint density at radius 2 is 1.06 bits per heavy atom. The summed E-state index contributed by atoms with van der Waals surface area (Å²) in [5, 5.41) is 21.9. The average molecular weight is 1070 g/mol. The van der Waals surface area contributed by atoms with Gasteiger partial charge in [-0.2, -0.15) is 8.42 Å². The SMILES string of the molecule is CCCOCCN(C)CCCC(O)C(OC)OC.CCCOCCN(C)CCCC(O)C=O.CNCCCC(OC1CCCCO1)C(OC)OC.COC(OC)C(CCCOS(C)(=O)=O)OC1CCCCO1. The highest BCUT2D eigenvalue weighted by molar-refractivity contribution is 7.85. The first-order valence-electron chi connectivity index (χ1n) is 26.2. The van der Waals surface area contributed by atoms with E-state index < -0.39 is 34.9 Å². The van der Waals surface area contributed by atoms with E-state index >= 15 is 0 Å². The highest BCUT2D eigenvalue weighted by Crippen LogP contribution is 2.22. The first kappa shape index (κ1) is 73.0. The first-order chi connectivity index (χ1) is 34.6. The van der Waals surface area contributed by atoms with E-state index in [2.05, 4.69) is 36.0 Å². The number of nitrogens with zero attached hydrogens (tertiary/aromatic N) is 2. The fraction of sp³-hybridized carbons (Fsp3) is 0.980. The molecule has 0 radical (unpaired) electrons. The molecule has 0 aliphatic carbocycles. The Bertz CT molecular complexity index is 1250. The quantitative estimate of drug-likeness (QED) is 0.0329. The van der Waals surface area contributed by atoms with Crippen LogP contribution in [-0.2, 0) is 75.9 Å². The van der Waals surface area contributed by atoms with Gasteiger partial charge in [0.25, 0.3) is 10.1 Å². The number of ether oxygens (including phenoxy) is 12. The largest absolute Gasteiger partial charge is 0.388 e. The van der Waals surface area contributed by atoms with Crippen LogP contribution in [0.1, 0.15) is 117 Å². The van der Waals surface area contributed by atoms with Crippen molar-refractivity contribution in [2.75, 3.05) is 149 Å². The lowest BCUT2D eigenvalue weighted by Gasteiger charge is -2.31. The molecular formula is C50H105N3O18S. The van der Waals surface area contributed by atoms with Crippen molar-refractivity contribution in [2.24, 2.45) is 0 Å². The Morgan fingerprint density at radius 3 is 1.43 bits per heavy atom. The number of carbonyl (C=O) groups excluding carboxylic acids is 1. The maximum absolute atomic E-state index is 10.9. The van der Waals surface area contributed by atoms with Crippen LogP contribution in [-0.4, -0.2) is 240 Å². The van der Waals surface area contributed by atoms with E-state index in [1.165, 1.54) is 20.6 Å². The van der Waals surface area contributed by atoms with Crippen molar-refractivity contribution in [3.63, 3.8) is 0 Å². The summed E-state index contributed by atoms with van der Waals surface area (Å²) in [4.78, 5) is 14.5. The Morgan fingerprint density at radius 1 is 0.611 bits per heavy atom. The smallest absolute Gasteiger partial charge is 0.264 e. The van der Waals surface area contributed by atoms with Crippen molar-refractivity contribution in [3.8, 4) is 0 Å². The molecule has 2 heterocycles. The number of rotatable bonds is 41. The number of hydrogen-bond donors (Lipinski definition) is 3. The molecule has 72 heavy (non-hydrogen) atoms. The minimum Gasteiger partial charge on any atom is -0.388 e. The molecule has 2 aliphatic heterocycles. The number of nitrogens with one attached hydrogen (secondary N) is 1. The van der Waals surface area contributed by atoms with E-state index in [9.17, 15) is 18.3 Å². The van der Waals surface area contributed by atoms with Crippen LogP contribution < -0.4 is 5.32 Å². The third-order valence-corrected chi connectivity index (χ3v) is 11.9. The van der Waals surface area contributed by atoms with Crippen molar-refractivity contribution in [2.45, 2.75) is 172 Å². The van der Waals surface area contributed by atoms with Crippen molar-refractivity contribution >= 4 is 16.4 Å².